The summed E-state index contributed by atoms with van der Waals surface area (Å²) in [6, 6.07) is 0. The first kappa shape index (κ1) is 9.30. The van der Waals surface area contributed by atoms with Gasteiger partial charge in [-0.2, -0.15) is 0 Å². The molecule has 2 heterocycles. The van der Waals surface area contributed by atoms with Crippen LogP contribution >= 0.6 is 0 Å². The maximum Gasteiger partial charge on any atom is 0.410 e. The van der Waals surface area contributed by atoms with E-state index in [-0.39, 0.29) is 18.1 Å². The molecule has 2 rings (SSSR count). The lowest BCUT2D eigenvalue weighted by atomic mass is 10.3. The SMILES string of the molecule is O=C1C[C@H](OC(=O)N2CCCC2)CN1. The molecule has 2 amide bonds. The Bertz CT molecular complexity index is 248. The van der Waals surface area contributed by atoms with Gasteiger partial charge in [0, 0.05) is 13.1 Å². The van der Waals surface area contributed by atoms with E-state index < -0.39 is 0 Å². The summed E-state index contributed by atoms with van der Waals surface area (Å²) in [4.78, 5) is 24.0. The van der Waals surface area contributed by atoms with Crippen molar-refractivity contribution in [3.8, 4) is 0 Å². The van der Waals surface area contributed by atoms with Gasteiger partial charge in [0.15, 0.2) is 0 Å². The van der Waals surface area contributed by atoms with Crippen molar-refractivity contribution in [2.75, 3.05) is 19.6 Å². The molecule has 1 atom stereocenters. The Hall–Kier alpha value is -1.26. The van der Waals surface area contributed by atoms with Crippen LogP contribution in [0.15, 0.2) is 0 Å². The molecule has 2 saturated heterocycles. The van der Waals surface area contributed by atoms with Crippen LogP contribution in [-0.2, 0) is 9.53 Å². The number of carbonyl (C=O) groups excluding carboxylic acids is 2. The molecule has 14 heavy (non-hydrogen) atoms. The van der Waals surface area contributed by atoms with Gasteiger partial charge in [0.25, 0.3) is 0 Å². The Balaban J connectivity index is 1.79. The van der Waals surface area contributed by atoms with E-state index in [4.69, 9.17) is 4.74 Å². The lowest BCUT2D eigenvalue weighted by Gasteiger charge is -2.17. The van der Waals surface area contributed by atoms with Crippen LogP contribution in [0.5, 0.6) is 0 Å². The predicted molar refractivity (Wildman–Crippen MR) is 48.7 cm³/mol. The molecular formula is C9H14N2O3. The smallest absolute Gasteiger partial charge is 0.410 e. The number of rotatable bonds is 1. The molecule has 0 spiro atoms. The van der Waals surface area contributed by atoms with Gasteiger partial charge in [0.2, 0.25) is 5.91 Å². The first-order valence-corrected chi connectivity index (χ1v) is 4.98. The van der Waals surface area contributed by atoms with E-state index in [1.54, 1.807) is 4.90 Å². The summed E-state index contributed by atoms with van der Waals surface area (Å²) < 4.78 is 5.17. The number of hydrogen-bond acceptors (Lipinski definition) is 3. The fourth-order valence-corrected chi connectivity index (χ4v) is 1.78. The number of ether oxygens (including phenoxy) is 1. The second kappa shape index (κ2) is 3.86. The van der Waals surface area contributed by atoms with Gasteiger partial charge < -0.3 is 15.0 Å². The van der Waals surface area contributed by atoms with Crippen LogP contribution in [0.2, 0.25) is 0 Å². The highest BCUT2D eigenvalue weighted by molar-refractivity contribution is 5.79. The fourth-order valence-electron chi connectivity index (χ4n) is 1.78. The van der Waals surface area contributed by atoms with E-state index in [0.29, 0.717) is 13.0 Å². The molecule has 0 aromatic heterocycles. The van der Waals surface area contributed by atoms with E-state index in [0.717, 1.165) is 25.9 Å². The van der Waals surface area contributed by atoms with Crippen molar-refractivity contribution in [3.63, 3.8) is 0 Å². The van der Waals surface area contributed by atoms with Crippen LogP contribution in [0.25, 0.3) is 0 Å². The maximum atomic E-state index is 11.5. The lowest BCUT2D eigenvalue weighted by molar-refractivity contribution is -0.119. The molecule has 2 aliphatic rings. The summed E-state index contributed by atoms with van der Waals surface area (Å²) in [6.07, 6.45) is 1.87. The van der Waals surface area contributed by atoms with Crippen LogP contribution in [0.4, 0.5) is 4.79 Å². The Morgan fingerprint density at radius 1 is 1.43 bits per heavy atom. The summed E-state index contributed by atoms with van der Waals surface area (Å²) in [6.45, 7) is 2.03. The average Bonchev–Trinajstić information content (AvgIpc) is 2.75. The molecule has 2 fully saturated rings. The molecule has 5 heteroatoms. The summed E-state index contributed by atoms with van der Waals surface area (Å²) in [5, 5.41) is 2.63. The van der Waals surface area contributed by atoms with Crippen LogP contribution in [0, 0.1) is 0 Å². The third-order valence-corrected chi connectivity index (χ3v) is 2.57. The summed E-state index contributed by atoms with van der Waals surface area (Å²) >= 11 is 0. The largest absolute Gasteiger partial charge is 0.444 e. The zero-order valence-electron chi connectivity index (χ0n) is 7.99. The summed E-state index contributed by atoms with van der Waals surface area (Å²) in [5.41, 5.74) is 0. The highest BCUT2D eigenvalue weighted by Crippen LogP contribution is 2.12. The molecule has 5 nitrogen and oxygen atoms in total. The molecule has 0 aliphatic carbocycles. The minimum Gasteiger partial charge on any atom is -0.444 e. The number of nitrogens with one attached hydrogen (secondary N) is 1. The second-order valence-corrected chi connectivity index (χ2v) is 3.71. The Morgan fingerprint density at radius 2 is 2.14 bits per heavy atom. The first-order chi connectivity index (χ1) is 6.75. The maximum absolute atomic E-state index is 11.5. The van der Waals surface area contributed by atoms with Crippen LogP contribution in [0.3, 0.4) is 0 Å². The monoisotopic (exact) mass is 198 g/mol. The highest BCUT2D eigenvalue weighted by Gasteiger charge is 2.27. The first-order valence-electron chi connectivity index (χ1n) is 4.98. The van der Waals surface area contributed by atoms with Gasteiger partial charge in [-0.05, 0) is 12.8 Å². The summed E-state index contributed by atoms with van der Waals surface area (Å²) in [7, 11) is 0. The predicted octanol–water partition coefficient (Wildman–Crippen LogP) is 0.107. The number of likely N-dealkylation sites (tertiary alicyclic amines) is 1. The molecule has 2 aliphatic heterocycles. The van der Waals surface area contributed by atoms with Crippen molar-refractivity contribution >= 4 is 12.0 Å². The van der Waals surface area contributed by atoms with Gasteiger partial charge in [-0.15, -0.1) is 0 Å². The molecule has 1 N–H and O–H groups in total. The van der Waals surface area contributed by atoms with Crippen molar-refractivity contribution in [2.45, 2.75) is 25.4 Å². The van der Waals surface area contributed by atoms with E-state index in [1.807, 2.05) is 0 Å². The molecule has 0 radical (unpaired) electrons. The molecular weight excluding hydrogens is 184 g/mol. The zero-order chi connectivity index (χ0) is 9.97. The van der Waals surface area contributed by atoms with Gasteiger partial charge in [0.1, 0.15) is 6.10 Å². The van der Waals surface area contributed by atoms with Crippen molar-refractivity contribution in [1.82, 2.24) is 10.2 Å². The molecule has 0 aromatic carbocycles. The second-order valence-electron chi connectivity index (χ2n) is 3.71. The Morgan fingerprint density at radius 3 is 2.71 bits per heavy atom. The van der Waals surface area contributed by atoms with Gasteiger partial charge >= 0.3 is 6.09 Å². The fraction of sp³-hybridized carbons (Fsp3) is 0.778. The zero-order valence-corrected chi connectivity index (χ0v) is 7.99. The molecule has 0 aromatic rings. The van der Waals surface area contributed by atoms with E-state index >= 15 is 0 Å². The molecule has 78 valence electrons. The number of hydrogen-bond donors (Lipinski definition) is 1. The normalized spacial score (nSPS) is 26.4. The third kappa shape index (κ3) is 1.97. The van der Waals surface area contributed by atoms with Crippen molar-refractivity contribution in [2.24, 2.45) is 0 Å². The molecule has 0 unspecified atom stereocenters. The van der Waals surface area contributed by atoms with Crippen molar-refractivity contribution in [3.05, 3.63) is 0 Å². The van der Waals surface area contributed by atoms with Crippen molar-refractivity contribution in [1.29, 1.82) is 0 Å². The van der Waals surface area contributed by atoms with Gasteiger partial charge in [-0.25, -0.2) is 4.79 Å². The molecule has 0 saturated carbocycles. The minimum absolute atomic E-state index is 0.0378. The number of carbonyl (C=O) groups is 2. The van der Waals surface area contributed by atoms with E-state index in [9.17, 15) is 9.59 Å². The van der Waals surface area contributed by atoms with Gasteiger partial charge in [-0.3, -0.25) is 4.79 Å². The van der Waals surface area contributed by atoms with E-state index in [1.165, 1.54) is 0 Å². The quantitative estimate of drug-likeness (QED) is 0.650. The highest BCUT2D eigenvalue weighted by atomic mass is 16.6. The van der Waals surface area contributed by atoms with Crippen LogP contribution in [-0.4, -0.2) is 42.6 Å². The average molecular weight is 198 g/mol. The number of amides is 2. The summed E-state index contributed by atoms with van der Waals surface area (Å²) in [5.74, 6) is -0.0378. The van der Waals surface area contributed by atoms with Crippen LogP contribution < -0.4 is 5.32 Å². The van der Waals surface area contributed by atoms with Gasteiger partial charge in [-0.1, -0.05) is 0 Å². The number of nitrogens with zero attached hydrogens (tertiary/aromatic N) is 1. The minimum atomic E-state index is -0.274. The van der Waals surface area contributed by atoms with Crippen LogP contribution in [0.1, 0.15) is 19.3 Å². The lowest BCUT2D eigenvalue weighted by Crippen LogP contribution is -2.32. The third-order valence-electron chi connectivity index (χ3n) is 2.57. The van der Waals surface area contributed by atoms with Gasteiger partial charge in [0.05, 0.1) is 13.0 Å². The van der Waals surface area contributed by atoms with E-state index in [2.05, 4.69) is 5.32 Å². The molecule has 0 bridgehead atoms. The Labute approximate surface area is 82.4 Å². The standard InChI is InChI=1S/C9H14N2O3/c12-8-5-7(6-10-8)14-9(13)11-3-1-2-4-11/h7H,1-6H2,(H,10,12)/t7-/m0/s1. The Kier molecular flexibility index (Phi) is 2.56. The van der Waals surface area contributed by atoms with Crippen molar-refractivity contribution < 1.29 is 14.3 Å². The topological polar surface area (TPSA) is 58.6 Å².